The molecule has 1 amide bonds. The van der Waals surface area contributed by atoms with Crippen LogP contribution < -0.4 is 4.74 Å². The van der Waals surface area contributed by atoms with E-state index in [9.17, 15) is 14.7 Å². The van der Waals surface area contributed by atoms with Crippen molar-refractivity contribution in [2.24, 2.45) is 18.4 Å². The Balaban J connectivity index is 1.20. The zero-order valence-corrected chi connectivity index (χ0v) is 19.5. The van der Waals surface area contributed by atoms with Gasteiger partial charge in [0.25, 0.3) is 0 Å². The van der Waals surface area contributed by atoms with Crippen LogP contribution >= 0.6 is 0 Å². The van der Waals surface area contributed by atoms with Gasteiger partial charge in [-0.05, 0) is 62.5 Å². The molecule has 0 aromatic carbocycles. The number of carboxylic acid groups (broad SMARTS) is 1. The van der Waals surface area contributed by atoms with Crippen molar-refractivity contribution in [3.05, 3.63) is 24.0 Å². The van der Waals surface area contributed by atoms with E-state index in [2.05, 4.69) is 15.3 Å². The normalized spacial score (nSPS) is 23.5. The highest BCUT2D eigenvalue weighted by Crippen LogP contribution is 2.48. The number of carboxylic acids is 1. The molecule has 2 atom stereocenters. The van der Waals surface area contributed by atoms with Crippen LogP contribution in [-0.2, 0) is 23.2 Å². The van der Waals surface area contributed by atoms with Gasteiger partial charge >= 0.3 is 12.1 Å². The highest BCUT2D eigenvalue weighted by molar-refractivity contribution is 5.70. The summed E-state index contributed by atoms with van der Waals surface area (Å²) in [6, 6.07) is 3.60. The van der Waals surface area contributed by atoms with E-state index < -0.39 is 5.97 Å². The molecule has 34 heavy (non-hydrogen) atoms. The molecular weight excluding hydrogens is 438 g/mol. The summed E-state index contributed by atoms with van der Waals surface area (Å²) >= 11 is 0. The van der Waals surface area contributed by atoms with Gasteiger partial charge in [0.1, 0.15) is 23.7 Å². The lowest BCUT2D eigenvalue weighted by molar-refractivity contribution is -0.143. The van der Waals surface area contributed by atoms with Gasteiger partial charge in [0.15, 0.2) is 0 Å². The summed E-state index contributed by atoms with van der Waals surface area (Å²) in [7, 11) is 1.76. The third-order valence-corrected chi connectivity index (χ3v) is 7.64. The minimum Gasteiger partial charge on any atom is -0.489 e. The summed E-state index contributed by atoms with van der Waals surface area (Å²) in [5.74, 6) is -0.517. The first-order chi connectivity index (χ1) is 16.4. The molecule has 5 rings (SSSR count). The summed E-state index contributed by atoms with van der Waals surface area (Å²) in [4.78, 5) is 30.2. The predicted octanol–water partition coefficient (Wildman–Crippen LogP) is 3.41. The maximum atomic E-state index is 12.6. The summed E-state index contributed by atoms with van der Waals surface area (Å²) < 4.78 is 13.2. The second kappa shape index (κ2) is 9.23. The number of hydrogen-bond donors (Lipinski definition) is 1. The third kappa shape index (κ3) is 4.58. The fraction of sp³-hybridized carbons (Fsp3) is 0.625. The maximum absolute atomic E-state index is 12.6. The molecule has 2 aromatic heterocycles. The molecule has 0 bridgehead atoms. The van der Waals surface area contributed by atoms with E-state index in [4.69, 9.17) is 9.47 Å². The molecule has 1 N–H and O–H groups in total. The Labute approximate surface area is 198 Å². The first kappa shape index (κ1) is 22.6. The van der Waals surface area contributed by atoms with Crippen molar-refractivity contribution in [2.45, 2.75) is 64.1 Å². The van der Waals surface area contributed by atoms with E-state index >= 15 is 0 Å². The van der Waals surface area contributed by atoms with E-state index in [1.165, 1.54) is 19.3 Å². The van der Waals surface area contributed by atoms with E-state index in [0.29, 0.717) is 41.1 Å². The second-order valence-electron chi connectivity index (χ2n) is 9.91. The molecular formula is C24H31N5O5. The molecule has 3 fully saturated rings. The van der Waals surface area contributed by atoms with Gasteiger partial charge in [-0.25, -0.2) is 9.48 Å². The molecule has 2 aliphatic carbocycles. The molecule has 2 aromatic rings. The number of pyridine rings is 1. The van der Waals surface area contributed by atoms with Gasteiger partial charge in [-0.15, -0.1) is 5.10 Å². The Morgan fingerprint density at radius 2 is 2.06 bits per heavy atom. The van der Waals surface area contributed by atoms with Gasteiger partial charge in [-0.1, -0.05) is 11.6 Å². The Morgan fingerprint density at radius 1 is 1.21 bits per heavy atom. The van der Waals surface area contributed by atoms with Gasteiger partial charge in [-0.2, -0.15) is 0 Å². The fourth-order valence-electron chi connectivity index (χ4n) is 5.39. The van der Waals surface area contributed by atoms with Crippen LogP contribution in [0.3, 0.4) is 0 Å². The minimum absolute atomic E-state index is 0.0692. The standard InChI is InChI=1S/C24H31N5O5/c1-28-20(14-33-23(32)29-11-10-24(15-29)8-3-9-24)21(26-27-28)19-7-6-18(13-25-19)34-17-5-2-4-16(12-17)22(30)31/h6-7,13,16-17H,2-5,8-12,14-15H2,1H3,(H,30,31)/t16-,17-/m0/s1. The lowest BCUT2D eigenvalue weighted by Crippen LogP contribution is -2.36. The van der Waals surface area contributed by atoms with Crippen molar-refractivity contribution < 1.29 is 24.2 Å². The van der Waals surface area contributed by atoms with Crippen molar-refractivity contribution in [3.8, 4) is 17.1 Å². The fourth-order valence-corrected chi connectivity index (χ4v) is 5.39. The number of nitrogens with zero attached hydrogens (tertiary/aromatic N) is 5. The lowest BCUT2D eigenvalue weighted by Gasteiger charge is -2.37. The van der Waals surface area contributed by atoms with Crippen LogP contribution in [0, 0.1) is 11.3 Å². The zero-order chi connectivity index (χ0) is 23.7. The number of ether oxygens (including phenoxy) is 2. The molecule has 10 nitrogen and oxygen atoms in total. The summed E-state index contributed by atoms with van der Waals surface area (Å²) in [5, 5.41) is 17.6. The minimum atomic E-state index is -0.759. The lowest BCUT2D eigenvalue weighted by atomic mass is 9.68. The molecule has 0 radical (unpaired) electrons. The van der Waals surface area contributed by atoms with Crippen LogP contribution in [0.15, 0.2) is 18.3 Å². The number of carbonyl (C=O) groups is 2. The maximum Gasteiger partial charge on any atom is 0.410 e. The van der Waals surface area contributed by atoms with Crippen LogP contribution in [-0.4, -0.2) is 61.2 Å². The van der Waals surface area contributed by atoms with Crippen LogP contribution in [0.1, 0.15) is 57.1 Å². The number of aliphatic carboxylic acids is 1. The van der Waals surface area contributed by atoms with Gasteiger partial charge < -0.3 is 19.5 Å². The Hall–Kier alpha value is -3.17. The van der Waals surface area contributed by atoms with E-state index in [-0.39, 0.29) is 24.7 Å². The number of likely N-dealkylation sites (tertiary alicyclic amines) is 1. The average Bonchev–Trinajstić information content (AvgIpc) is 3.43. The average molecular weight is 470 g/mol. The first-order valence-electron chi connectivity index (χ1n) is 12.1. The Bertz CT molecular complexity index is 1050. The van der Waals surface area contributed by atoms with Gasteiger partial charge in [0.2, 0.25) is 0 Å². The van der Waals surface area contributed by atoms with E-state index in [0.717, 1.165) is 32.4 Å². The number of hydrogen-bond acceptors (Lipinski definition) is 7. The van der Waals surface area contributed by atoms with Gasteiger partial charge in [-0.3, -0.25) is 9.78 Å². The summed E-state index contributed by atoms with van der Waals surface area (Å²) in [6.45, 7) is 1.62. The van der Waals surface area contributed by atoms with Gasteiger partial charge in [0.05, 0.1) is 23.9 Å². The van der Waals surface area contributed by atoms with Crippen LogP contribution in [0.25, 0.3) is 11.4 Å². The molecule has 3 aliphatic rings. The Kier molecular flexibility index (Phi) is 6.14. The third-order valence-electron chi connectivity index (χ3n) is 7.64. The molecule has 0 unspecified atom stereocenters. The van der Waals surface area contributed by atoms with E-state index in [1.54, 1.807) is 30.1 Å². The summed E-state index contributed by atoms with van der Waals surface area (Å²) in [6.07, 6.45) is 8.82. The highest BCUT2D eigenvalue weighted by Gasteiger charge is 2.44. The highest BCUT2D eigenvalue weighted by atomic mass is 16.6. The topological polar surface area (TPSA) is 120 Å². The second-order valence-corrected chi connectivity index (χ2v) is 9.91. The number of aromatic nitrogens is 4. The zero-order valence-electron chi connectivity index (χ0n) is 19.5. The number of rotatable bonds is 6. The van der Waals surface area contributed by atoms with Crippen molar-refractivity contribution in [3.63, 3.8) is 0 Å². The smallest absolute Gasteiger partial charge is 0.410 e. The molecule has 1 aliphatic heterocycles. The van der Waals surface area contributed by atoms with Crippen molar-refractivity contribution in [2.75, 3.05) is 13.1 Å². The largest absolute Gasteiger partial charge is 0.489 e. The SMILES string of the molecule is Cn1nnc(-c2ccc(O[C@H]3CCC[C@H](C(=O)O)C3)cn2)c1COC(=O)N1CCC2(CCC2)C1. The van der Waals surface area contributed by atoms with Crippen molar-refractivity contribution in [1.29, 1.82) is 0 Å². The monoisotopic (exact) mass is 469 g/mol. The quantitative estimate of drug-likeness (QED) is 0.683. The summed E-state index contributed by atoms with van der Waals surface area (Å²) in [5.41, 5.74) is 2.16. The molecule has 2 saturated carbocycles. The molecule has 10 heteroatoms. The molecule has 1 saturated heterocycles. The number of carbonyl (C=O) groups excluding carboxylic acids is 1. The molecule has 3 heterocycles. The van der Waals surface area contributed by atoms with E-state index in [1.807, 2.05) is 4.90 Å². The number of amides is 1. The molecule has 182 valence electrons. The van der Waals surface area contributed by atoms with Gasteiger partial charge in [0, 0.05) is 20.1 Å². The predicted molar refractivity (Wildman–Crippen MR) is 121 cm³/mol. The van der Waals surface area contributed by atoms with Crippen LogP contribution in [0.5, 0.6) is 5.75 Å². The molecule has 1 spiro atoms. The Morgan fingerprint density at radius 3 is 2.74 bits per heavy atom. The van der Waals surface area contributed by atoms with Crippen LogP contribution in [0.4, 0.5) is 4.79 Å². The number of aryl methyl sites for hydroxylation is 1. The van der Waals surface area contributed by atoms with Crippen LogP contribution in [0.2, 0.25) is 0 Å². The van der Waals surface area contributed by atoms with Crippen molar-refractivity contribution in [1.82, 2.24) is 24.9 Å². The first-order valence-corrected chi connectivity index (χ1v) is 12.1. The van der Waals surface area contributed by atoms with Crippen molar-refractivity contribution >= 4 is 12.1 Å².